The van der Waals surface area contributed by atoms with Crippen molar-refractivity contribution < 1.29 is 13.9 Å². The molecule has 0 aliphatic rings. The molecule has 20 heavy (non-hydrogen) atoms. The van der Waals surface area contributed by atoms with Gasteiger partial charge in [0.2, 0.25) is 0 Å². The lowest BCUT2D eigenvalue weighted by molar-refractivity contribution is 0.0946. The molecular formula is C15H13BrFNO2. The summed E-state index contributed by atoms with van der Waals surface area (Å²) in [5.74, 6) is -0.410. The molecule has 104 valence electrons. The number of rotatable bonds is 5. The molecule has 0 spiro atoms. The number of ether oxygens (including phenoxy) is 1. The molecule has 0 saturated carbocycles. The average molecular weight is 338 g/mol. The topological polar surface area (TPSA) is 38.3 Å². The standard InChI is InChI=1S/C15H13BrFNO2/c16-12-7-5-11(6-8-12)15(19)18-9-10-20-14-4-2-1-3-13(14)17/h1-8H,9-10H2,(H,18,19). The van der Waals surface area contributed by atoms with Crippen molar-refractivity contribution in [1.29, 1.82) is 0 Å². The van der Waals surface area contributed by atoms with Crippen molar-refractivity contribution in [2.24, 2.45) is 0 Å². The maximum Gasteiger partial charge on any atom is 0.251 e. The molecular weight excluding hydrogens is 325 g/mol. The minimum atomic E-state index is -0.410. The maximum atomic E-state index is 13.3. The van der Waals surface area contributed by atoms with Crippen molar-refractivity contribution in [3.05, 3.63) is 64.4 Å². The van der Waals surface area contributed by atoms with Crippen LogP contribution in [0.5, 0.6) is 5.75 Å². The van der Waals surface area contributed by atoms with Gasteiger partial charge in [0.05, 0.1) is 6.54 Å². The Balaban J connectivity index is 1.77. The van der Waals surface area contributed by atoms with E-state index in [0.717, 1.165) is 4.47 Å². The average Bonchev–Trinajstić information content (AvgIpc) is 2.46. The lowest BCUT2D eigenvalue weighted by Gasteiger charge is -2.08. The van der Waals surface area contributed by atoms with Gasteiger partial charge in [0.1, 0.15) is 6.61 Å². The summed E-state index contributed by atoms with van der Waals surface area (Å²) < 4.78 is 19.4. The molecule has 5 heteroatoms. The summed E-state index contributed by atoms with van der Waals surface area (Å²) in [7, 11) is 0. The first-order valence-corrected chi connectivity index (χ1v) is 6.87. The molecule has 0 fully saturated rings. The van der Waals surface area contributed by atoms with Crippen LogP contribution >= 0.6 is 15.9 Å². The second-order valence-electron chi connectivity index (χ2n) is 4.04. The second-order valence-corrected chi connectivity index (χ2v) is 4.96. The van der Waals surface area contributed by atoms with Gasteiger partial charge >= 0.3 is 0 Å². The molecule has 2 rings (SSSR count). The van der Waals surface area contributed by atoms with E-state index in [0.29, 0.717) is 12.1 Å². The Bertz CT molecular complexity index is 587. The van der Waals surface area contributed by atoms with Gasteiger partial charge in [0.15, 0.2) is 11.6 Å². The number of carbonyl (C=O) groups is 1. The smallest absolute Gasteiger partial charge is 0.251 e. The summed E-state index contributed by atoms with van der Waals surface area (Å²) in [4.78, 5) is 11.8. The molecule has 0 radical (unpaired) electrons. The molecule has 0 saturated heterocycles. The number of amides is 1. The molecule has 1 amide bonds. The van der Waals surface area contributed by atoms with E-state index in [9.17, 15) is 9.18 Å². The molecule has 0 aromatic heterocycles. The van der Waals surface area contributed by atoms with E-state index in [4.69, 9.17) is 4.74 Å². The molecule has 2 aromatic carbocycles. The van der Waals surface area contributed by atoms with E-state index in [1.165, 1.54) is 6.07 Å². The highest BCUT2D eigenvalue weighted by molar-refractivity contribution is 9.10. The predicted molar refractivity (Wildman–Crippen MR) is 78.4 cm³/mol. The summed E-state index contributed by atoms with van der Waals surface area (Å²) in [6, 6.07) is 13.2. The monoisotopic (exact) mass is 337 g/mol. The van der Waals surface area contributed by atoms with Crippen molar-refractivity contribution in [1.82, 2.24) is 5.32 Å². The number of halogens is 2. The largest absolute Gasteiger partial charge is 0.489 e. The molecule has 0 aliphatic carbocycles. The van der Waals surface area contributed by atoms with Crippen LogP contribution in [0.25, 0.3) is 0 Å². The quantitative estimate of drug-likeness (QED) is 0.849. The molecule has 2 aromatic rings. The highest BCUT2D eigenvalue weighted by Gasteiger charge is 2.05. The van der Waals surface area contributed by atoms with E-state index in [-0.39, 0.29) is 18.3 Å². The van der Waals surface area contributed by atoms with E-state index in [2.05, 4.69) is 21.2 Å². The number of carbonyl (C=O) groups excluding carboxylic acids is 1. The Labute approximate surface area is 124 Å². The van der Waals surface area contributed by atoms with Crippen molar-refractivity contribution in [3.8, 4) is 5.75 Å². The third kappa shape index (κ3) is 4.06. The fourth-order valence-electron chi connectivity index (χ4n) is 1.59. The van der Waals surface area contributed by atoms with Gasteiger partial charge in [0, 0.05) is 10.0 Å². The van der Waals surface area contributed by atoms with Crippen LogP contribution in [0.4, 0.5) is 4.39 Å². The molecule has 0 bridgehead atoms. The first-order chi connectivity index (χ1) is 9.66. The highest BCUT2D eigenvalue weighted by Crippen LogP contribution is 2.14. The molecule has 3 nitrogen and oxygen atoms in total. The van der Waals surface area contributed by atoms with Gasteiger partial charge < -0.3 is 10.1 Å². The Morgan fingerprint density at radius 3 is 2.55 bits per heavy atom. The highest BCUT2D eigenvalue weighted by atomic mass is 79.9. The molecule has 1 N–H and O–H groups in total. The lowest BCUT2D eigenvalue weighted by Crippen LogP contribution is -2.28. The maximum absolute atomic E-state index is 13.3. The van der Waals surface area contributed by atoms with Crippen LogP contribution < -0.4 is 10.1 Å². The van der Waals surface area contributed by atoms with Crippen LogP contribution in [0.15, 0.2) is 53.0 Å². The summed E-state index contributed by atoms with van der Waals surface area (Å²) in [6.07, 6.45) is 0. The first kappa shape index (κ1) is 14.5. The predicted octanol–water partition coefficient (Wildman–Crippen LogP) is 3.40. The lowest BCUT2D eigenvalue weighted by atomic mass is 10.2. The van der Waals surface area contributed by atoms with Crippen molar-refractivity contribution in [2.45, 2.75) is 0 Å². The second kappa shape index (κ2) is 7.05. The van der Waals surface area contributed by atoms with Gasteiger partial charge in [-0.15, -0.1) is 0 Å². The molecule has 0 heterocycles. The van der Waals surface area contributed by atoms with Gasteiger partial charge in [-0.1, -0.05) is 28.1 Å². The van der Waals surface area contributed by atoms with Gasteiger partial charge in [-0.25, -0.2) is 4.39 Å². The number of hydrogen-bond donors (Lipinski definition) is 1. The van der Waals surface area contributed by atoms with Gasteiger partial charge in [-0.2, -0.15) is 0 Å². The number of nitrogens with one attached hydrogen (secondary N) is 1. The summed E-state index contributed by atoms with van der Waals surface area (Å²) in [5, 5.41) is 2.71. The zero-order valence-electron chi connectivity index (χ0n) is 10.6. The van der Waals surface area contributed by atoms with Gasteiger partial charge in [0.25, 0.3) is 5.91 Å². The third-order valence-electron chi connectivity index (χ3n) is 2.59. The van der Waals surface area contributed by atoms with E-state index in [1.54, 1.807) is 42.5 Å². The summed E-state index contributed by atoms with van der Waals surface area (Å²) in [5.41, 5.74) is 0.569. The Hall–Kier alpha value is -1.88. The van der Waals surface area contributed by atoms with Crippen LogP contribution in [0.1, 0.15) is 10.4 Å². The Morgan fingerprint density at radius 1 is 1.15 bits per heavy atom. The van der Waals surface area contributed by atoms with Crippen molar-refractivity contribution in [3.63, 3.8) is 0 Å². The Kier molecular flexibility index (Phi) is 5.12. The minimum Gasteiger partial charge on any atom is -0.489 e. The van der Waals surface area contributed by atoms with Gasteiger partial charge in [-0.05, 0) is 36.4 Å². The van der Waals surface area contributed by atoms with E-state index < -0.39 is 5.82 Å². The number of hydrogen-bond acceptors (Lipinski definition) is 2. The van der Waals surface area contributed by atoms with Crippen LogP contribution in [0, 0.1) is 5.82 Å². The Morgan fingerprint density at radius 2 is 1.85 bits per heavy atom. The molecule has 0 unspecified atom stereocenters. The minimum absolute atomic E-state index is 0.186. The van der Waals surface area contributed by atoms with Crippen molar-refractivity contribution in [2.75, 3.05) is 13.2 Å². The molecule has 0 aliphatic heterocycles. The van der Waals surface area contributed by atoms with Crippen LogP contribution in [0.2, 0.25) is 0 Å². The fourth-order valence-corrected chi connectivity index (χ4v) is 1.85. The fraction of sp³-hybridized carbons (Fsp3) is 0.133. The van der Waals surface area contributed by atoms with Crippen LogP contribution in [-0.4, -0.2) is 19.1 Å². The zero-order valence-corrected chi connectivity index (χ0v) is 12.2. The first-order valence-electron chi connectivity index (χ1n) is 6.08. The normalized spacial score (nSPS) is 10.1. The summed E-state index contributed by atoms with van der Waals surface area (Å²) >= 11 is 3.30. The number of para-hydroxylation sites is 1. The third-order valence-corrected chi connectivity index (χ3v) is 3.12. The zero-order chi connectivity index (χ0) is 14.4. The van der Waals surface area contributed by atoms with E-state index in [1.807, 2.05) is 0 Å². The SMILES string of the molecule is O=C(NCCOc1ccccc1F)c1ccc(Br)cc1. The number of benzene rings is 2. The van der Waals surface area contributed by atoms with E-state index >= 15 is 0 Å². The molecule has 0 atom stereocenters. The van der Waals surface area contributed by atoms with Crippen molar-refractivity contribution >= 4 is 21.8 Å². The van der Waals surface area contributed by atoms with Gasteiger partial charge in [-0.3, -0.25) is 4.79 Å². The van der Waals surface area contributed by atoms with Crippen LogP contribution in [-0.2, 0) is 0 Å². The summed E-state index contributed by atoms with van der Waals surface area (Å²) in [6.45, 7) is 0.520. The van der Waals surface area contributed by atoms with Crippen LogP contribution in [0.3, 0.4) is 0 Å².